The number of imidazole rings is 1. The minimum atomic E-state index is -0.585. The summed E-state index contributed by atoms with van der Waals surface area (Å²) in [6.45, 7) is 0. The average Bonchev–Trinajstić information content (AvgIpc) is 2.74. The summed E-state index contributed by atoms with van der Waals surface area (Å²) < 4.78 is 1.01. The standard InChI is InChI=1S/C11H11BrN2O/c12-9-4-2-1-3-8(9)7-10(15)11-13-5-6-14-11/h1-6,10,15H,7H2,(H,13,14). The van der Waals surface area contributed by atoms with Gasteiger partial charge in [-0.2, -0.15) is 0 Å². The van der Waals surface area contributed by atoms with E-state index in [0.717, 1.165) is 10.0 Å². The van der Waals surface area contributed by atoms with Crippen molar-refractivity contribution >= 4 is 15.9 Å². The Bertz CT molecular complexity index is 428. The number of nitrogens with one attached hydrogen (secondary N) is 1. The van der Waals surface area contributed by atoms with Gasteiger partial charge in [0.2, 0.25) is 0 Å². The quantitative estimate of drug-likeness (QED) is 0.897. The number of halogens is 1. The lowest BCUT2D eigenvalue weighted by Crippen LogP contribution is -2.04. The van der Waals surface area contributed by atoms with Crippen molar-refractivity contribution in [1.82, 2.24) is 9.97 Å². The van der Waals surface area contributed by atoms with E-state index in [1.807, 2.05) is 24.3 Å². The molecule has 2 N–H and O–H groups in total. The summed E-state index contributed by atoms with van der Waals surface area (Å²) in [7, 11) is 0. The Hall–Kier alpha value is -1.13. The average molecular weight is 267 g/mol. The van der Waals surface area contributed by atoms with E-state index in [-0.39, 0.29) is 0 Å². The molecular weight excluding hydrogens is 256 g/mol. The third-order valence-corrected chi connectivity index (χ3v) is 2.98. The summed E-state index contributed by atoms with van der Waals surface area (Å²) >= 11 is 3.45. The van der Waals surface area contributed by atoms with Gasteiger partial charge in [-0.05, 0) is 11.6 Å². The number of aliphatic hydroxyl groups is 1. The number of hydrogen-bond donors (Lipinski definition) is 2. The van der Waals surface area contributed by atoms with Gasteiger partial charge in [0.15, 0.2) is 0 Å². The molecule has 0 aliphatic heterocycles. The Morgan fingerprint density at radius 1 is 1.40 bits per heavy atom. The Kier molecular flexibility index (Phi) is 3.18. The van der Waals surface area contributed by atoms with Crippen LogP contribution >= 0.6 is 15.9 Å². The molecule has 4 heteroatoms. The van der Waals surface area contributed by atoms with E-state index in [9.17, 15) is 5.11 Å². The number of aliphatic hydroxyl groups excluding tert-OH is 1. The third kappa shape index (κ3) is 2.46. The van der Waals surface area contributed by atoms with E-state index in [0.29, 0.717) is 12.2 Å². The third-order valence-electron chi connectivity index (χ3n) is 2.21. The molecule has 0 bridgehead atoms. The second-order valence-corrected chi connectivity index (χ2v) is 4.14. The maximum Gasteiger partial charge on any atom is 0.135 e. The zero-order valence-corrected chi connectivity index (χ0v) is 9.61. The molecular formula is C11H11BrN2O. The van der Waals surface area contributed by atoms with Crippen molar-refractivity contribution in [2.45, 2.75) is 12.5 Å². The lowest BCUT2D eigenvalue weighted by Gasteiger charge is -2.09. The Morgan fingerprint density at radius 3 is 2.87 bits per heavy atom. The smallest absolute Gasteiger partial charge is 0.135 e. The number of aromatic amines is 1. The largest absolute Gasteiger partial charge is 0.385 e. The Morgan fingerprint density at radius 2 is 2.20 bits per heavy atom. The van der Waals surface area contributed by atoms with E-state index < -0.39 is 6.10 Å². The van der Waals surface area contributed by atoms with E-state index in [4.69, 9.17) is 0 Å². The maximum absolute atomic E-state index is 9.87. The minimum Gasteiger partial charge on any atom is -0.385 e. The number of aromatic nitrogens is 2. The van der Waals surface area contributed by atoms with Gasteiger partial charge < -0.3 is 10.1 Å². The van der Waals surface area contributed by atoms with Crippen molar-refractivity contribution in [3.63, 3.8) is 0 Å². The molecule has 2 aromatic rings. The van der Waals surface area contributed by atoms with Crippen LogP contribution in [0, 0.1) is 0 Å². The lowest BCUT2D eigenvalue weighted by atomic mass is 10.1. The number of H-pyrrole nitrogens is 1. The highest BCUT2D eigenvalue weighted by molar-refractivity contribution is 9.10. The molecule has 1 aromatic heterocycles. The topological polar surface area (TPSA) is 48.9 Å². The molecule has 0 fully saturated rings. The van der Waals surface area contributed by atoms with E-state index in [1.54, 1.807) is 12.4 Å². The van der Waals surface area contributed by atoms with Crippen molar-refractivity contribution in [1.29, 1.82) is 0 Å². The fourth-order valence-corrected chi connectivity index (χ4v) is 1.88. The molecule has 15 heavy (non-hydrogen) atoms. The minimum absolute atomic E-state index is 0.551. The highest BCUT2D eigenvalue weighted by atomic mass is 79.9. The first-order valence-corrected chi connectivity index (χ1v) is 5.47. The van der Waals surface area contributed by atoms with Crippen molar-refractivity contribution in [2.75, 3.05) is 0 Å². The van der Waals surface area contributed by atoms with Gasteiger partial charge in [-0.15, -0.1) is 0 Å². The van der Waals surface area contributed by atoms with Crippen LogP contribution in [-0.4, -0.2) is 15.1 Å². The second-order valence-electron chi connectivity index (χ2n) is 3.29. The molecule has 0 saturated carbocycles. The molecule has 1 atom stereocenters. The van der Waals surface area contributed by atoms with Crippen LogP contribution in [0.2, 0.25) is 0 Å². The monoisotopic (exact) mass is 266 g/mol. The van der Waals surface area contributed by atoms with Gasteiger partial charge in [-0.3, -0.25) is 0 Å². The fraction of sp³-hybridized carbons (Fsp3) is 0.182. The maximum atomic E-state index is 9.87. The van der Waals surface area contributed by atoms with Gasteiger partial charge in [-0.25, -0.2) is 4.98 Å². The zero-order chi connectivity index (χ0) is 10.7. The molecule has 78 valence electrons. The van der Waals surface area contributed by atoms with Gasteiger partial charge in [-0.1, -0.05) is 34.1 Å². The van der Waals surface area contributed by atoms with E-state index >= 15 is 0 Å². The van der Waals surface area contributed by atoms with Gasteiger partial charge in [0.05, 0.1) is 0 Å². The normalized spacial score (nSPS) is 12.7. The van der Waals surface area contributed by atoms with E-state index in [1.165, 1.54) is 0 Å². The molecule has 0 aliphatic rings. The molecule has 0 spiro atoms. The van der Waals surface area contributed by atoms with Gasteiger partial charge in [0.25, 0.3) is 0 Å². The Labute approximate surface area is 96.3 Å². The van der Waals surface area contributed by atoms with E-state index in [2.05, 4.69) is 25.9 Å². The molecule has 0 radical (unpaired) electrons. The highest BCUT2D eigenvalue weighted by Gasteiger charge is 2.11. The van der Waals surface area contributed by atoms with Gasteiger partial charge >= 0.3 is 0 Å². The number of nitrogens with zero attached hydrogens (tertiary/aromatic N) is 1. The van der Waals surface area contributed by atoms with Crippen LogP contribution in [0.15, 0.2) is 41.1 Å². The van der Waals surface area contributed by atoms with Crippen LogP contribution in [0.3, 0.4) is 0 Å². The molecule has 3 nitrogen and oxygen atoms in total. The van der Waals surface area contributed by atoms with Crippen LogP contribution in [0.4, 0.5) is 0 Å². The Balaban J connectivity index is 2.13. The highest BCUT2D eigenvalue weighted by Crippen LogP contribution is 2.21. The lowest BCUT2D eigenvalue weighted by molar-refractivity contribution is 0.169. The second kappa shape index (κ2) is 4.59. The molecule has 1 unspecified atom stereocenters. The first-order valence-electron chi connectivity index (χ1n) is 4.68. The SMILES string of the molecule is OC(Cc1ccccc1Br)c1ncc[nH]1. The predicted molar refractivity (Wildman–Crippen MR) is 61.4 cm³/mol. The summed E-state index contributed by atoms with van der Waals surface area (Å²) in [6.07, 6.45) is 3.31. The zero-order valence-electron chi connectivity index (χ0n) is 8.02. The van der Waals surface area contributed by atoms with Gasteiger partial charge in [0, 0.05) is 23.3 Å². The molecule has 0 aliphatic carbocycles. The molecule has 2 rings (SSSR count). The van der Waals surface area contributed by atoms with Crippen LogP contribution in [0.5, 0.6) is 0 Å². The summed E-state index contributed by atoms with van der Waals surface area (Å²) in [4.78, 5) is 6.92. The first kappa shape index (κ1) is 10.4. The van der Waals surface area contributed by atoms with Crippen LogP contribution < -0.4 is 0 Å². The number of hydrogen-bond acceptors (Lipinski definition) is 2. The van der Waals surface area contributed by atoms with Gasteiger partial charge in [0.1, 0.15) is 11.9 Å². The van der Waals surface area contributed by atoms with Crippen molar-refractivity contribution < 1.29 is 5.11 Å². The van der Waals surface area contributed by atoms with Crippen LogP contribution in [-0.2, 0) is 6.42 Å². The molecule has 0 amide bonds. The first-order chi connectivity index (χ1) is 7.27. The molecule has 1 aromatic carbocycles. The fourth-order valence-electron chi connectivity index (χ4n) is 1.43. The van der Waals surface area contributed by atoms with Crippen LogP contribution in [0.1, 0.15) is 17.5 Å². The van der Waals surface area contributed by atoms with Crippen molar-refractivity contribution in [2.24, 2.45) is 0 Å². The van der Waals surface area contributed by atoms with Crippen molar-refractivity contribution in [3.05, 3.63) is 52.5 Å². The van der Waals surface area contributed by atoms with Crippen LogP contribution in [0.25, 0.3) is 0 Å². The number of benzene rings is 1. The summed E-state index contributed by atoms with van der Waals surface area (Å²) in [6, 6.07) is 7.85. The summed E-state index contributed by atoms with van der Waals surface area (Å²) in [5.74, 6) is 0.603. The summed E-state index contributed by atoms with van der Waals surface area (Å²) in [5, 5.41) is 9.87. The molecule has 0 saturated heterocycles. The van der Waals surface area contributed by atoms with Crippen molar-refractivity contribution in [3.8, 4) is 0 Å². The number of rotatable bonds is 3. The summed E-state index contributed by atoms with van der Waals surface area (Å²) in [5.41, 5.74) is 1.07. The molecule has 1 heterocycles. The predicted octanol–water partition coefficient (Wildman–Crippen LogP) is 2.45.